The van der Waals surface area contributed by atoms with Crippen LogP contribution >= 0.6 is 0 Å². The lowest BCUT2D eigenvalue weighted by atomic mass is 10.1. The van der Waals surface area contributed by atoms with Crippen LogP contribution in [0.4, 0.5) is 29.1 Å². The fourth-order valence-electron chi connectivity index (χ4n) is 2.91. The van der Waals surface area contributed by atoms with Crippen molar-refractivity contribution in [2.45, 2.75) is 6.18 Å². The molecule has 1 aromatic carbocycles. The van der Waals surface area contributed by atoms with Gasteiger partial charge in [-0.05, 0) is 18.2 Å². The van der Waals surface area contributed by atoms with E-state index in [1.807, 2.05) is 0 Å². The van der Waals surface area contributed by atoms with Crippen molar-refractivity contribution in [3.8, 4) is 0 Å². The summed E-state index contributed by atoms with van der Waals surface area (Å²) < 4.78 is 51.3. The Balaban J connectivity index is 1.66. The highest BCUT2D eigenvalue weighted by molar-refractivity contribution is 5.95. The van der Waals surface area contributed by atoms with Crippen molar-refractivity contribution in [1.29, 1.82) is 0 Å². The minimum atomic E-state index is -4.43. The van der Waals surface area contributed by atoms with Crippen LogP contribution in [0, 0.1) is 15.9 Å². The van der Waals surface area contributed by atoms with Crippen LogP contribution in [0.2, 0.25) is 0 Å². The predicted octanol–water partition coefficient (Wildman–Crippen LogP) is 2.53. The molecule has 0 saturated carbocycles. The molecule has 0 bridgehead atoms. The number of hydrogen-bond donors (Lipinski definition) is 0. The number of nitro groups is 1. The summed E-state index contributed by atoms with van der Waals surface area (Å²) in [4.78, 5) is 28.3. The molecule has 0 unspecified atom stereocenters. The van der Waals surface area contributed by atoms with Gasteiger partial charge in [-0.1, -0.05) is 0 Å². The third-order valence-corrected chi connectivity index (χ3v) is 4.42. The van der Waals surface area contributed by atoms with E-state index in [1.165, 1.54) is 17.0 Å². The SMILES string of the molecule is O=C(c1ccc(F)c([N+](=O)[O-])c1)N1CCN(c2ccc(C(F)(F)F)c[nH+]2)CC1. The normalized spacial score (nSPS) is 14.9. The van der Waals surface area contributed by atoms with Crippen LogP contribution < -0.4 is 9.88 Å². The van der Waals surface area contributed by atoms with E-state index in [4.69, 9.17) is 0 Å². The van der Waals surface area contributed by atoms with E-state index in [1.54, 1.807) is 4.90 Å². The smallest absolute Gasteiger partial charge is 0.331 e. The molecular formula is C17H15F4N4O3+. The van der Waals surface area contributed by atoms with Gasteiger partial charge in [-0.15, -0.1) is 0 Å². The standard InChI is InChI=1S/C17H14F4N4O3/c18-13-3-1-11(9-14(13)25(27)28)16(26)24-7-5-23(6-8-24)15-4-2-12(10-22-15)17(19,20)21/h1-4,9-10H,5-8H2/p+1. The van der Waals surface area contributed by atoms with E-state index >= 15 is 0 Å². The number of rotatable bonds is 3. The van der Waals surface area contributed by atoms with Crippen LogP contribution in [0.25, 0.3) is 0 Å². The Hall–Kier alpha value is -3.24. The van der Waals surface area contributed by atoms with E-state index in [0.717, 1.165) is 24.4 Å². The molecule has 2 aromatic rings. The lowest BCUT2D eigenvalue weighted by molar-refractivity contribution is -0.387. The van der Waals surface area contributed by atoms with Crippen LogP contribution in [0.3, 0.4) is 0 Å². The molecule has 1 aliphatic rings. The maximum absolute atomic E-state index is 13.4. The van der Waals surface area contributed by atoms with Crippen LogP contribution in [0.5, 0.6) is 0 Å². The van der Waals surface area contributed by atoms with Gasteiger partial charge < -0.3 is 4.90 Å². The first-order valence-electron chi connectivity index (χ1n) is 8.24. The molecule has 1 N–H and O–H groups in total. The van der Waals surface area contributed by atoms with Crippen LogP contribution in [0.1, 0.15) is 15.9 Å². The van der Waals surface area contributed by atoms with Gasteiger partial charge in [0.1, 0.15) is 19.3 Å². The molecule has 7 nitrogen and oxygen atoms in total. The maximum Gasteiger partial charge on any atom is 0.419 e. The van der Waals surface area contributed by atoms with E-state index in [9.17, 15) is 32.5 Å². The van der Waals surface area contributed by atoms with Crippen molar-refractivity contribution < 1.29 is 32.3 Å². The number of pyridine rings is 1. The summed E-state index contributed by atoms with van der Waals surface area (Å²) in [6.07, 6.45) is -3.55. The topological polar surface area (TPSA) is 80.8 Å². The van der Waals surface area contributed by atoms with Gasteiger partial charge in [0.2, 0.25) is 5.82 Å². The highest BCUT2D eigenvalue weighted by Crippen LogP contribution is 2.28. The number of hydrogen-bond acceptors (Lipinski definition) is 4. The Morgan fingerprint density at radius 3 is 2.32 bits per heavy atom. The molecule has 1 fully saturated rings. The third kappa shape index (κ3) is 4.02. The van der Waals surface area contributed by atoms with Gasteiger partial charge >= 0.3 is 11.9 Å². The molecule has 0 aliphatic carbocycles. The van der Waals surface area contributed by atoms with Crippen molar-refractivity contribution in [2.24, 2.45) is 0 Å². The maximum atomic E-state index is 13.4. The summed E-state index contributed by atoms with van der Waals surface area (Å²) in [5, 5.41) is 10.8. The van der Waals surface area contributed by atoms with Gasteiger partial charge in [0.05, 0.1) is 23.6 Å². The summed E-state index contributed by atoms with van der Waals surface area (Å²) in [7, 11) is 0. The minimum absolute atomic E-state index is 0.00245. The quantitative estimate of drug-likeness (QED) is 0.451. The van der Waals surface area contributed by atoms with Crippen LogP contribution in [0.15, 0.2) is 36.5 Å². The zero-order chi connectivity index (χ0) is 20.5. The number of alkyl halides is 3. The van der Waals surface area contributed by atoms with E-state index in [-0.39, 0.29) is 18.7 Å². The number of nitrogens with one attached hydrogen (secondary N) is 1. The number of H-pyrrole nitrogens is 1. The zero-order valence-electron chi connectivity index (χ0n) is 14.4. The van der Waals surface area contributed by atoms with Gasteiger partial charge in [0, 0.05) is 17.7 Å². The number of piperazine rings is 1. The van der Waals surface area contributed by atoms with Crippen molar-refractivity contribution in [1.82, 2.24) is 4.90 Å². The minimum Gasteiger partial charge on any atom is -0.331 e. The van der Waals surface area contributed by atoms with Crippen molar-refractivity contribution >= 4 is 17.4 Å². The van der Waals surface area contributed by atoms with Crippen molar-refractivity contribution in [3.63, 3.8) is 0 Å². The van der Waals surface area contributed by atoms with E-state index in [0.29, 0.717) is 18.9 Å². The second-order valence-corrected chi connectivity index (χ2v) is 6.16. The molecule has 28 heavy (non-hydrogen) atoms. The van der Waals surface area contributed by atoms with Crippen LogP contribution in [-0.2, 0) is 6.18 Å². The Kier molecular flexibility index (Phi) is 5.16. The highest BCUT2D eigenvalue weighted by Gasteiger charge is 2.33. The first kappa shape index (κ1) is 19.5. The number of aromatic nitrogens is 1. The number of amides is 1. The number of nitro benzene ring substituents is 1. The highest BCUT2D eigenvalue weighted by atomic mass is 19.4. The van der Waals surface area contributed by atoms with Crippen molar-refractivity contribution in [3.05, 3.63) is 63.6 Å². The van der Waals surface area contributed by atoms with Gasteiger partial charge in [-0.3, -0.25) is 19.8 Å². The van der Waals surface area contributed by atoms with Crippen LogP contribution in [-0.4, -0.2) is 41.9 Å². The zero-order valence-corrected chi connectivity index (χ0v) is 14.4. The molecule has 0 spiro atoms. The van der Waals surface area contributed by atoms with E-state index < -0.39 is 34.1 Å². The van der Waals surface area contributed by atoms with E-state index in [2.05, 4.69) is 4.98 Å². The fourth-order valence-corrected chi connectivity index (χ4v) is 2.91. The Morgan fingerprint density at radius 1 is 1.11 bits per heavy atom. The third-order valence-electron chi connectivity index (χ3n) is 4.42. The monoisotopic (exact) mass is 399 g/mol. The number of halogens is 4. The molecule has 0 radical (unpaired) electrons. The molecule has 148 valence electrons. The number of aromatic amines is 1. The van der Waals surface area contributed by atoms with Gasteiger partial charge in [0.15, 0.2) is 0 Å². The lowest BCUT2D eigenvalue weighted by Crippen LogP contribution is -2.50. The average Bonchev–Trinajstić information content (AvgIpc) is 2.67. The Bertz CT molecular complexity index is 894. The predicted molar refractivity (Wildman–Crippen MR) is 89.2 cm³/mol. The molecule has 1 saturated heterocycles. The molecule has 11 heteroatoms. The fraction of sp³-hybridized carbons (Fsp3) is 0.294. The molecule has 1 amide bonds. The molecule has 0 atom stereocenters. The largest absolute Gasteiger partial charge is 0.419 e. The number of anilines is 1. The van der Waals surface area contributed by atoms with Crippen molar-refractivity contribution in [2.75, 3.05) is 31.1 Å². The number of carbonyl (C=O) groups is 1. The van der Waals surface area contributed by atoms with Gasteiger partial charge in [0.25, 0.3) is 11.7 Å². The first-order valence-corrected chi connectivity index (χ1v) is 8.24. The number of carbonyl (C=O) groups excluding carboxylic acids is 1. The second kappa shape index (κ2) is 7.41. The summed E-state index contributed by atoms with van der Waals surface area (Å²) in [6, 6.07) is 5.25. The summed E-state index contributed by atoms with van der Waals surface area (Å²) in [5.74, 6) is -1.01. The molecular weight excluding hydrogens is 384 g/mol. The molecule has 2 heterocycles. The summed E-state index contributed by atoms with van der Waals surface area (Å²) >= 11 is 0. The van der Waals surface area contributed by atoms with Gasteiger partial charge in [-0.25, -0.2) is 4.98 Å². The summed E-state index contributed by atoms with van der Waals surface area (Å²) in [6.45, 7) is 1.24. The molecule has 3 rings (SSSR count). The Morgan fingerprint density at radius 2 is 1.79 bits per heavy atom. The summed E-state index contributed by atoms with van der Waals surface area (Å²) in [5.41, 5.74) is -1.56. The average molecular weight is 399 g/mol. The Labute approximate surface area is 156 Å². The van der Waals surface area contributed by atoms with Gasteiger partial charge in [-0.2, -0.15) is 17.6 Å². The first-order chi connectivity index (χ1) is 13.2. The molecule has 1 aliphatic heterocycles. The molecule has 1 aromatic heterocycles. The lowest BCUT2D eigenvalue weighted by Gasteiger charge is -2.31. The number of nitrogens with zero attached hydrogens (tertiary/aromatic N) is 3. The second-order valence-electron chi connectivity index (χ2n) is 6.16. The number of benzene rings is 1.